The summed E-state index contributed by atoms with van der Waals surface area (Å²) in [5.74, 6) is 0.431. The van der Waals surface area contributed by atoms with E-state index in [-0.39, 0.29) is 24.1 Å². The molecule has 0 saturated carbocycles. The molecule has 0 aliphatic heterocycles. The number of ether oxygens (including phenoxy) is 1. The molecule has 2 aromatic carbocycles. The van der Waals surface area contributed by atoms with Crippen LogP contribution in [0, 0.1) is 6.92 Å². The normalized spacial score (nSPS) is 11.2. The molecule has 0 spiro atoms. The summed E-state index contributed by atoms with van der Waals surface area (Å²) < 4.78 is 7.93. The van der Waals surface area contributed by atoms with E-state index in [1.165, 1.54) is 22.2 Å². The third-order valence-corrected chi connectivity index (χ3v) is 6.35. The Bertz CT molecular complexity index is 1330. The zero-order valence-electron chi connectivity index (χ0n) is 17.9. The highest BCUT2D eigenvalue weighted by atomic mass is 79.9. The molecule has 1 amide bonds. The fourth-order valence-corrected chi connectivity index (χ4v) is 4.73. The van der Waals surface area contributed by atoms with Crippen molar-refractivity contribution in [1.82, 2.24) is 9.55 Å². The lowest BCUT2D eigenvalue weighted by Gasteiger charge is -2.11. The van der Waals surface area contributed by atoms with Crippen molar-refractivity contribution >= 4 is 49.1 Å². The number of fused-ring (bicyclic) bond motifs is 1. The van der Waals surface area contributed by atoms with Gasteiger partial charge in [0.2, 0.25) is 5.91 Å². The van der Waals surface area contributed by atoms with Crippen LogP contribution >= 0.6 is 27.3 Å². The lowest BCUT2D eigenvalue weighted by molar-refractivity contribution is -0.116. The first kappa shape index (κ1) is 22.2. The van der Waals surface area contributed by atoms with Crippen LogP contribution < -0.4 is 15.6 Å². The van der Waals surface area contributed by atoms with Crippen molar-refractivity contribution in [3.05, 3.63) is 74.6 Å². The third-order valence-electron chi connectivity index (χ3n) is 4.81. The number of carbonyl (C=O) groups excluding carboxylic acids is 1. The first-order chi connectivity index (χ1) is 15.3. The van der Waals surface area contributed by atoms with Gasteiger partial charge in [-0.05, 0) is 62.7 Å². The fraction of sp³-hybridized carbons (Fsp3) is 0.208. The Kier molecular flexibility index (Phi) is 6.43. The maximum absolute atomic E-state index is 13.3. The van der Waals surface area contributed by atoms with Gasteiger partial charge in [-0.25, -0.2) is 4.98 Å². The molecule has 32 heavy (non-hydrogen) atoms. The van der Waals surface area contributed by atoms with E-state index in [0.29, 0.717) is 15.9 Å². The highest BCUT2D eigenvalue weighted by molar-refractivity contribution is 9.10. The molecular weight excluding hydrogens is 490 g/mol. The summed E-state index contributed by atoms with van der Waals surface area (Å²) in [4.78, 5) is 32.0. The Morgan fingerprint density at radius 3 is 2.50 bits per heavy atom. The van der Waals surface area contributed by atoms with E-state index in [1.807, 2.05) is 45.0 Å². The van der Waals surface area contributed by atoms with Crippen molar-refractivity contribution in [3.8, 4) is 16.9 Å². The second-order valence-electron chi connectivity index (χ2n) is 7.64. The fourth-order valence-electron chi connectivity index (χ4n) is 3.46. The average Bonchev–Trinajstić information content (AvgIpc) is 3.08. The van der Waals surface area contributed by atoms with Crippen LogP contribution in [-0.4, -0.2) is 21.6 Å². The predicted molar refractivity (Wildman–Crippen MR) is 133 cm³/mol. The van der Waals surface area contributed by atoms with Crippen LogP contribution in [0.3, 0.4) is 0 Å². The monoisotopic (exact) mass is 511 g/mol. The minimum absolute atomic E-state index is 0.0766. The van der Waals surface area contributed by atoms with Gasteiger partial charge in [-0.1, -0.05) is 28.1 Å². The lowest BCUT2D eigenvalue weighted by Crippen LogP contribution is -2.27. The van der Waals surface area contributed by atoms with E-state index < -0.39 is 0 Å². The molecule has 4 rings (SSSR count). The molecule has 2 heterocycles. The van der Waals surface area contributed by atoms with Crippen LogP contribution in [0.1, 0.15) is 18.7 Å². The van der Waals surface area contributed by atoms with Crippen LogP contribution in [0.15, 0.2) is 64.1 Å². The topological polar surface area (TPSA) is 73.2 Å². The summed E-state index contributed by atoms with van der Waals surface area (Å²) in [6.07, 6.45) is 1.51. The van der Waals surface area contributed by atoms with Crippen LogP contribution in [-0.2, 0) is 11.3 Å². The number of hydrogen-bond acceptors (Lipinski definition) is 5. The summed E-state index contributed by atoms with van der Waals surface area (Å²) in [6.45, 7) is 5.76. The molecule has 4 aromatic rings. The Morgan fingerprint density at radius 1 is 1.16 bits per heavy atom. The maximum Gasteiger partial charge on any atom is 0.263 e. The maximum atomic E-state index is 13.3. The van der Waals surface area contributed by atoms with Gasteiger partial charge in [0.05, 0.1) is 17.8 Å². The zero-order chi connectivity index (χ0) is 22.8. The van der Waals surface area contributed by atoms with Crippen LogP contribution in [0.25, 0.3) is 21.3 Å². The summed E-state index contributed by atoms with van der Waals surface area (Å²) >= 11 is 4.92. The first-order valence-corrected chi connectivity index (χ1v) is 11.7. The number of rotatable bonds is 6. The molecular formula is C24H22BrN3O3S. The number of nitrogens with one attached hydrogen (secondary N) is 1. The lowest BCUT2D eigenvalue weighted by atomic mass is 10.0. The molecule has 1 N–H and O–H groups in total. The number of thiophene rings is 1. The van der Waals surface area contributed by atoms with E-state index in [9.17, 15) is 9.59 Å². The van der Waals surface area contributed by atoms with Crippen molar-refractivity contribution < 1.29 is 9.53 Å². The summed E-state index contributed by atoms with van der Waals surface area (Å²) in [7, 11) is 0. The molecule has 0 saturated heterocycles. The summed E-state index contributed by atoms with van der Waals surface area (Å²) in [5, 5.41) is 3.36. The minimum atomic E-state index is -0.303. The number of benzene rings is 2. The number of aryl methyl sites for hydroxylation is 1. The number of nitrogens with zero attached hydrogens (tertiary/aromatic N) is 2. The van der Waals surface area contributed by atoms with Gasteiger partial charge in [-0.3, -0.25) is 14.2 Å². The van der Waals surface area contributed by atoms with Crippen molar-refractivity contribution in [3.63, 3.8) is 0 Å². The number of aromatic nitrogens is 2. The molecule has 0 radical (unpaired) electrons. The van der Waals surface area contributed by atoms with Gasteiger partial charge >= 0.3 is 0 Å². The van der Waals surface area contributed by atoms with E-state index in [1.54, 1.807) is 24.3 Å². The van der Waals surface area contributed by atoms with Crippen molar-refractivity contribution in [2.24, 2.45) is 0 Å². The highest BCUT2D eigenvalue weighted by Crippen LogP contribution is 2.35. The molecule has 0 unspecified atom stereocenters. The van der Waals surface area contributed by atoms with Gasteiger partial charge in [0.15, 0.2) is 0 Å². The zero-order valence-corrected chi connectivity index (χ0v) is 20.3. The molecule has 0 bridgehead atoms. The standard InChI is InChI=1S/C24H22BrN3O3S/c1-14(2)31-19-10-8-18(9-11-19)27-20(29)12-28-13-26-23-22(24(28)30)21(15(3)32-23)16-4-6-17(25)7-5-16/h4-11,13-14H,12H2,1-3H3,(H,27,29). The quantitative estimate of drug-likeness (QED) is 0.364. The smallest absolute Gasteiger partial charge is 0.263 e. The van der Waals surface area contributed by atoms with Crippen LogP contribution in [0.2, 0.25) is 0 Å². The Hall–Kier alpha value is -2.97. The summed E-state index contributed by atoms with van der Waals surface area (Å²) in [5.41, 5.74) is 2.22. The minimum Gasteiger partial charge on any atom is -0.491 e. The van der Waals surface area contributed by atoms with Crippen molar-refractivity contribution in [2.45, 2.75) is 33.4 Å². The molecule has 6 nitrogen and oxygen atoms in total. The van der Waals surface area contributed by atoms with Gasteiger partial charge in [0.1, 0.15) is 17.1 Å². The number of halogens is 1. The Morgan fingerprint density at radius 2 is 1.84 bits per heavy atom. The van der Waals surface area contributed by atoms with Crippen LogP contribution in [0.5, 0.6) is 5.75 Å². The van der Waals surface area contributed by atoms with Crippen molar-refractivity contribution in [2.75, 3.05) is 5.32 Å². The molecule has 0 fully saturated rings. The average molecular weight is 512 g/mol. The molecule has 0 atom stereocenters. The van der Waals surface area contributed by atoms with E-state index in [2.05, 4.69) is 26.2 Å². The molecule has 164 valence electrons. The predicted octanol–water partition coefficient (Wildman–Crippen LogP) is 5.62. The molecule has 0 aliphatic carbocycles. The van der Waals surface area contributed by atoms with E-state index in [4.69, 9.17) is 4.74 Å². The highest BCUT2D eigenvalue weighted by Gasteiger charge is 2.18. The molecule has 0 aliphatic rings. The summed E-state index contributed by atoms with van der Waals surface area (Å²) in [6, 6.07) is 15.0. The Labute approximate surface area is 198 Å². The van der Waals surface area contributed by atoms with Gasteiger partial charge < -0.3 is 10.1 Å². The van der Waals surface area contributed by atoms with Crippen molar-refractivity contribution in [1.29, 1.82) is 0 Å². The third kappa shape index (κ3) is 4.76. The second-order valence-corrected chi connectivity index (χ2v) is 9.76. The van der Waals surface area contributed by atoms with Gasteiger partial charge in [0.25, 0.3) is 5.56 Å². The second kappa shape index (κ2) is 9.26. The number of carbonyl (C=O) groups is 1. The van der Waals surface area contributed by atoms with E-state index in [0.717, 1.165) is 26.2 Å². The van der Waals surface area contributed by atoms with Crippen LogP contribution in [0.4, 0.5) is 5.69 Å². The Balaban J connectivity index is 1.59. The number of anilines is 1. The SMILES string of the molecule is Cc1sc2ncn(CC(=O)Nc3ccc(OC(C)C)cc3)c(=O)c2c1-c1ccc(Br)cc1. The van der Waals surface area contributed by atoms with Gasteiger partial charge in [0, 0.05) is 20.6 Å². The van der Waals surface area contributed by atoms with E-state index >= 15 is 0 Å². The van der Waals surface area contributed by atoms with Gasteiger partial charge in [-0.2, -0.15) is 0 Å². The molecule has 2 aromatic heterocycles. The molecule has 8 heteroatoms. The largest absolute Gasteiger partial charge is 0.491 e. The number of hydrogen-bond donors (Lipinski definition) is 1. The first-order valence-electron chi connectivity index (χ1n) is 10.1. The van der Waals surface area contributed by atoms with Gasteiger partial charge in [-0.15, -0.1) is 11.3 Å². The number of amides is 1.